The molecule has 0 saturated heterocycles. The van der Waals surface area contributed by atoms with Gasteiger partial charge in [-0.25, -0.2) is 4.98 Å². The molecule has 102 valence electrons. The molecule has 1 aromatic heterocycles. The van der Waals surface area contributed by atoms with Gasteiger partial charge < -0.3 is 4.74 Å². The average Bonchev–Trinajstić information content (AvgIpc) is 2.46. The zero-order valence-corrected chi connectivity index (χ0v) is 12.8. The van der Waals surface area contributed by atoms with E-state index in [0.717, 1.165) is 9.13 Å². The van der Waals surface area contributed by atoms with Crippen molar-refractivity contribution in [1.29, 1.82) is 0 Å². The Bertz CT molecular complexity index is 671. The smallest absolute Gasteiger partial charge is 0.276 e. The van der Waals surface area contributed by atoms with Gasteiger partial charge in [-0.3, -0.25) is 10.1 Å². The van der Waals surface area contributed by atoms with Crippen LogP contribution in [0.2, 0.25) is 0 Å². The molecule has 0 saturated carbocycles. The van der Waals surface area contributed by atoms with Crippen LogP contribution in [0.1, 0.15) is 11.1 Å². The maximum atomic E-state index is 11.0. The highest BCUT2D eigenvalue weighted by atomic mass is 127. The number of halogens is 1. The van der Waals surface area contributed by atoms with E-state index in [0.29, 0.717) is 11.4 Å². The Morgan fingerprint density at radius 3 is 2.75 bits per heavy atom. The van der Waals surface area contributed by atoms with Crippen molar-refractivity contribution >= 4 is 40.4 Å². The van der Waals surface area contributed by atoms with Crippen molar-refractivity contribution in [2.75, 3.05) is 7.11 Å². The van der Waals surface area contributed by atoms with E-state index in [1.165, 1.54) is 6.07 Å². The number of nitro groups is 1. The van der Waals surface area contributed by atoms with E-state index in [9.17, 15) is 10.1 Å². The molecule has 0 bridgehead atoms. The number of benzene rings is 1. The van der Waals surface area contributed by atoms with Crippen molar-refractivity contribution in [2.45, 2.75) is 0 Å². The molecule has 0 unspecified atom stereocenters. The lowest BCUT2D eigenvalue weighted by atomic mass is 10.1. The number of nitro benzene ring substituents is 1. The minimum atomic E-state index is -0.398. The zero-order valence-electron chi connectivity index (χ0n) is 10.6. The summed E-state index contributed by atoms with van der Waals surface area (Å²) in [5.74, 6) is 0.492. The molecule has 6 heteroatoms. The number of pyridine rings is 1. The Labute approximate surface area is 129 Å². The van der Waals surface area contributed by atoms with Crippen LogP contribution in [0.15, 0.2) is 36.5 Å². The lowest BCUT2D eigenvalue weighted by Crippen LogP contribution is -1.93. The van der Waals surface area contributed by atoms with E-state index < -0.39 is 4.92 Å². The van der Waals surface area contributed by atoms with Gasteiger partial charge in [0.25, 0.3) is 5.69 Å². The van der Waals surface area contributed by atoms with E-state index in [1.54, 1.807) is 43.7 Å². The van der Waals surface area contributed by atoms with Gasteiger partial charge in [-0.2, -0.15) is 0 Å². The van der Waals surface area contributed by atoms with Crippen molar-refractivity contribution in [3.63, 3.8) is 0 Å². The Hall–Kier alpha value is -1.96. The number of rotatable bonds is 4. The van der Waals surface area contributed by atoms with Gasteiger partial charge in [-0.15, -0.1) is 0 Å². The van der Waals surface area contributed by atoms with E-state index in [-0.39, 0.29) is 5.69 Å². The summed E-state index contributed by atoms with van der Waals surface area (Å²) in [6.45, 7) is 0. The molecule has 0 aliphatic carbocycles. The SMILES string of the molecule is COc1nccc(I)c1/C=C/c1ccccc1[N+](=O)[O-]. The van der Waals surface area contributed by atoms with Crippen LogP contribution in [0.4, 0.5) is 5.69 Å². The first-order valence-electron chi connectivity index (χ1n) is 5.73. The monoisotopic (exact) mass is 382 g/mol. The Kier molecular flexibility index (Phi) is 4.67. The van der Waals surface area contributed by atoms with Crippen LogP contribution >= 0.6 is 22.6 Å². The summed E-state index contributed by atoms with van der Waals surface area (Å²) in [6, 6.07) is 8.43. The molecule has 2 rings (SSSR count). The van der Waals surface area contributed by atoms with E-state index in [1.807, 2.05) is 6.07 Å². The first kappa shape index (κ1) is 14.4. The molecular weight excluding hydrogens is 371 g/mol. The largest absolute Gasteiger partial charge is 0.481 e. The summed E-state index contributed by atoms with van der Waals surface area (Å²) in [7, 11) is 1.54. The van der Waals surface area contributed by atoms with Crippen LogP contribution in [0.5, 0.6) is 5.88 Å². The Morgan fingerprint density at radius 2 is 2.05 bits per heavy atom. The summed E-state index contributed by atoms with van der Waals surface area (Å²) in [5, 5.41) is 11.0. The number of para-hydroxylation sites is 1. The first-order valence-corrected chi connectivity index (χ1v) is 6.81. The van der Waals surface area contributed by atoms with Gasteiger partial charge in [0, 0.05) is 15.8 Å². The highest BCUT2D eigenvalue weighted by Crippen LogP contribution is 2.25. The molecule has 0 fully saturated rings. The predicted molar refractivity (Wildman–Crippen MR) is 85.5 cm³/mol. The minimum Gasteiger partial charge on any atom is -0.481 e. The fraction of sp³-hybridized carbons (Fsp3) is 0.0714. The lowest BCUT2D eigenvalue weighted by Gasteiger charge is -2.05. The molecule has 1 heterocycles. The second-order valence-electron chi connectivity index (χ2n) is 3.86. The summed E-state index contributed by atoms with van der Waals surface area (Å²) in [6.07, 6.45) is 5.12. The van der Waals surface area contributed by atoms with E-state index >= 15 is 0 Å². The normalized spacial score (nSPS) is 10.7. The van der Waals surface area contributed by atoms with Gasteiger partial charge in [-0.1, -0.05) is 12.1 Å². The topological polar surface area (TPSA) is 65.3 Å². The highest BCUT2D eigenvalue weighted by molar-refractivity contribution is 14.1. The molecule has 5 nitrogen and oxygen atoms in total. The molecule has 0 radical (unpaired) electrons. The molecular formula is C14H11IN2O3. The van der Waals surface area contributed by atoms with Crippen LogP contribution < -0.4 is 4.74 Å². The van der Waals surface area contributed by atoms with Gasteiger partial charge in [-0.05, 0) is 46.9 Å². The summed E-state index contributed by atoms with van der Waals surface area (Å²) < 4.78 is 6.15. The van der Waals surface area contributed by atoms with Gasteiger partial charge >= 0.3 is 0 Å². The third-order valence-electron chi connectivity index (χ3n) is 2.66. The second-order valence-corrected chi connectivity index (χ2v) is 5.03. The molecule has 0 atom stereocenters. The maximum Gasteiger partial charge on any atom is 0.276 e. The highest BCUT2D eigenvalue weighted by Gasteiger charge is 2.10. The maximum absolute atomic E-state index is 11.0. The summed E-state index contributed by atoms with van der Waals surface area (Å²) in [5.41, 5.74) is 1.41. The predicted octanol–water partition coefficient (Wildman–Crippen LogP) is 3.77. The van der Waals surface area contributed by atoms with Gasteiger partial charge in [0.05, 0.1) is 23.2 Å². The van der Waals surface area contributed by atoms with Crippen molar-refractivity contribution in [3.8, 4) is 5.88 Å². The van der Waals surface area contributed by atoms with Crippen molar-refractivity contribution in [1.82, 2.24) is 4.98 Å². The van der Waals surface area contributed by atoms with Crippen molar-refractivity contribution in [2.24, 2.45) is 0 Å². The molecule has 0 aliphatic heterocycles. The van der Waals surface area contributed by atoms with Crippen LogP contribution in [-0.4, -0.2) is 17.0 Å². The second kappa shape index (κ2) is 6.47. The third kappa shape index (κ3) is 3.13. The van der Waals surface area contributed by atoms with Crippen LogP contribution in [0.3, 0.4) is 0 Å². The van der Waals surface area contributed by atoms with E-state index in [4.69, 9.17) is 4.74 Å². The molecule has 20 heavy (non-hydrogen) atoms. The summed E-state index contributed by atoms with van der Waals surface area (Å²) in [4.78, 5) is 14.7. The number of ether oxygens (including phenoxy) is 1. The molecule has 2 aromatic rings. The third-order valence-corrected chi connectivity index (χ3v) is 3.60. The standard InChI is InChI=1S/C14H11IN2O3/c1-20-14-11(12(15)8-9-16-14)7-6-10-4-2-3-5-13(10)17(18)19/h2-9H,1H3/b7-6+. The summed E-state index contributed by atoms with van der Waals surface area (Å²) >= 11 is 2.17. The lowest BCUT2D eigenvalue weighted by molar-refractivity contribution is -0.385. The Morgan fingerprint density at radius 1 is 1.30 bits per heavy atom. The molecule has 0 amide bonds. The average molecular weight is 382 g/mol. The van der Waals surface area contributed by atoms with Gasteiger partial charge in [0.15, 0.2) is 0 Å². The van der Waals surface area contributed by atoms with Crippen LogP contribution in [0, 0.1) is 13.7 Å². The number of nitrogens with zero attached hydrogens (tertiary/aromatic N) is 2. The number of hydrogen-bond acceptors (Lipinski definition) is 4. The van der Waals surface area contributed by atoms with Gasteiger partial charge in [0.1, 0.15) is 0 Å². The van der Waals surface area contributed by atoms with Crippen LogP contribution in [-0.2, 0) is 0 Å². The fourth-order valence-electron chi connectivity index (χ4n) is 1.71. The number of methoxy groups -OCH3 is 1. The van der Waals surface area contributed by atoms with E-state index in [2.05, 4.69) is 27.6 Å². The quantitative estimate of drug-likeness (QED) is 0.459. The van der Waals surface area contributed by atoms with Crippen molar-refractivity contribution in [3.05, 3.63) is 61.3 Å². The first-order chi connectivity index (χ1) is 9.63. The number of aromatic nitrogens is 1. The minimum absolute atomic E-state index is 0.0709. The zero-order chi connectivity index (χ0) is 14.5. The van der Waals surface area contributed by atoms with Crippen molar-refractivity contribution < 1.29 is 9.66 Å². The molecule has 0 N–H and O–H groups in total. The van der Waals surface area contributed by atoms with Crippen LogP contribution in [0.25, 0.3) is 12.2 Å². The van der Waals surface area contributed by atoms with Gasteiger partial charge in [0.2, 0.25) is 5.88 Å². The number of hydrogen-bond donors (Lipinski definition) is 0. The molecule has 0 aliphatic rings. The Balaban J connectivity index is 2.43. The molecule has 1 aromatic carbocycles. The fourth-order valence-corrected chi connectivity index (χ4v) is 2.28. The molecule has 0 spiro atoms.